The number of benzene rings is 1. The van der Waals surface area contributed by atoms with Crippen molar-refractivity contribution in [1.29, 1.82) is 0 Å². The van der Waals surface area contributed by atoms with Gasteiger partial charge in [-0.2, -0.15) is 4.98 Å². The molecule has 138 valence electrons. The van der Waals surface area contributed by atoms with E-state index in [0.717, 1.165) is 48.8 Å². The largest absolute Gasteiger partial charge is 0.431 e. The summed E-state index contributed by atoms with van der Waals surface area (Å²) in [5.41, 5.74) is 2.99. The summed E-state index contributed by atoms with van der Waals surface area (Å²) in [6, 6.07) is 7.93. The lowest BCUT2D eigenvalue weighted by Gasteiger charge is -2.26. The summed E-state index contributed by atoms with van der Waals surface area (Å²) in [5.74, 6) is 0.743. The first-order valence-corrected chi connectivity index (χ1v) is 9.94. The van der Waals surface area contributed by atoms with Crippen molar-refractivity contribution in [2.24, 2.45) is 0 Å². The Hall–Kier alpha value is -2.19. The number of nitrogens with one attached hydrogen (secondary N) is 1. The van der Waals surface area contributed by atoms with Crippen LogP contribution in [0.2, 0.25) is 5.02 Å². The monoisotopic (exact) mass is 400 g/mol. The predicted molar refractivity (Wildman–Crippen MR) is 107 cm³/mol. The molecule has 8 heteroatoms. The molecular weight excluding hydrogens is 384 g/mol. The number of thiazole rings is 1. The molecule has 1 aliphatic rings. The third kappa shape index (κ3) is 3.51. The summed E-state index contributed by atoms with van der Waals surface area (Å²) in [5, 5.41) is 2.36. The van der Waals surface area contributed by atoms with E-state index in [9.17, 15) is 0 Å². The molecule has 3 aromatic heterocycles. The highest BCUT2D eigenvalue weighted by Gasteiger charge is 2.14. The molecule has 0 amide bonds. The first-order valence-electron chi connectivity index (χ1n) is 8.75. The molecule has 1 fully saturated rings. The molecule has 0 spiro atoms. The van der Waals surface area contributed by atoms with Gasteiger partial charge in [0.05, 0.1) is 22.9 Å². The molecule has 5 rings (SSSR count). The summed E-state index contributed by atoms with van der Waals surface area (Å²) in [6.07, 6.45) is 3.67. The molecule has 0 saturated carbocycles. The predicted octanol–water partition coefficient (Wildman–Crippen LogP) is 4.45. The minimum atomic E-state index is 0.555. The molecule has 1 aliphatic heterocycles. The minimum Gasteiger partial charge on any atom is -0.431 e. The number of fused-ring (bicyclic) bond motifs is 2. The molecule has 4 aromatic rings. The second-order valence-electron chi connectivity index (χ2n) is 6.47. The van der Waals surface area contributed by atoms with Crippen LogP contribution in [-0.2, 0) is 11.3 Å². The van der Waals surface area contributed by atoms with Crippen molar-refractivity contribution < 1.29 is 9.47 Å². The Labute approximate surface area is 164 Å². The van der Waals surface area contributed by atoms with Crippen LogP contribution < -0.4 is 4.74 Å². The number of hydrogen-bond acceptors (Lipinski definition) is 6. The van der Waals surface area contributed by atoms with Crippen LogP contribution in [0.25, 0.3) is 21.3 Å². The smallest absolute Gasteiger partial charge is 0.281 e. The number of rotatable bonds is 4. The second kappa shape index (κ2) is 7.09. The Morgan fingerprint density at radius 2 is 2.15 bits per heavy atom. The van der Waals surface area contributed by atoms with E-state index in [4.69, 9.17) is 21.1 Å². The lowest BCUT2D eigenvalue weighted by molar-refractivity contribution is 0.0343. The fourth-order valence-corrected chi connectivity index (χ4v) is 4.34. The van der Waals surface area contributed by atoms with Crippen molar-refractivity contribution in [2.45, 2.75) is 6.54 Å². The van der Waals surface area contributed by atoms with Crippen LogP contribution in [0.1, 0.15) is 5.56 Å². The molecule has 0 radical (unpaired) electrons. The van der Waals surface area contributed by atoms with Gasteiger partial charge in [-0.3, -0.25) is 4.90 Å². The fourth-order valence-electron chi connectivity index (χ4n) is 3.28. The summed E-state index contributed by atoms with van der Waals surface area (Å²) >= 11 is 7.42. The van der Waals surface area contributed by atoms with E-state index < -0.39 is 0 Å². The van der Waals surface area contributed by atoms with Crippen molar-refractivity contribution in [2.75, 3.05) is 26.3 Å². The second-order valence-corrected chi connectivity index (χ2v) is 7.90. The number of H-pyrrole nitrogens is 1. The number of aromatic nitrogens is 3. The maximum Gasteiger partial charge on any atom is 0.281 e. The van der Waals surface area contributed by atoms with Crippen LogP contribution in [0.3, 0.4) is 0 Å². The number of morpholine rings is 1. The molecule has 6 nitrogen and oxygen atoms in total. The average Bonchev–Trinajstić information content (AvgIpc) is 3.25. The van der Waals surface area contributed by atoms with Gasteiger partial charge in [0.15, 0.2) is 5.65 Å². The van der Waals surface area contributed by atoms with E-state index in [2.05, 4.69) is 32.1 Å². The van der Waals surface area contributed by atoms with Gasteiger partial charge in [-0.1, -0.05) is 22.9 Å². The molecule has 0 bridgehead atoms. The molecule has 27 heavy (non-hydrogen) atoms. The van der Waals surface area contributed by atoms with Crippen molar-refractivity contribution in [3.05, 3.63) is 47.2 Å². The van der Waals surface area contributed by atoms with Gasteiger partial charge in [-0.05, 0) is 23.8 Å². The lowest BCUT2D eigenvalue weighted by Crippen LogP contribution is -2.35. The molecule has 0 unspecified atom stereocenters. The third-order valence-corrected chi connectivity index (χ3v) is 5.71. The number of ether oxygens (including phenoxy) is 2. The summed E-state index contributed by atoms with van der Waals surface area (Å²) in [6.45, 7) is 4.49. The SMILES string of the molecule is Clc1cnc2nc(Oc3ccc4c(CN5CCOCC5)c[nH]c4c3)sc2c1. The minimum absolute atomic E-state index is 0.555. The van der Waals surface area contributed by atoms with Gasteiger partial charge >= 0.3 is 0 Å². The Balaban J connectivity index is 1.37. The van der Waals surface area contributed by atoms with E-state index >= 15 is 0 Å². The van der Waals surface area contributed by atoms with Gasteiger partial charge in [0.2, 0.25) is 0 Å². The molecule has 0 atom stereocenters. The molecule has 1 aromatic carbocycles. The normalized spacial score (nSPS) is 15.6. The zero-order valence-electron chi connectivity index (χ0n) is 14.4. The Bertz CT molecular complexity index is 1100. The van der Waals surface area contributed by atoms with Gasteiger partial charge in [0, 0.05) is 49.0 Å². The van der Waals surface area contributed by atoms with Crippen LogP contribution in [0.4, 0.5) is 0 Å². The number of pyridine rings is 1. The van der Waals surface area contributed by atoms with Crippen LogP contribution >= 0.6 is 22.9 Å². The van der Waals surface area contributed by atoms with Crippen molar-refractivity contribution in [1.82, 2.24) is 19.9 Å². The Morgan fingerprint density at radius 1 is 1.26 bits per heavy atom. The summed E-state index contributed by atoms with van der Waals surface area (Å²) < 4.78 is 12.3. The van der Waals surface area contributed by atoms with Crippen molar-refractivity contribution >= 4 is 44.2 Å². The highest BCUT2D eigenvalue weighted by molar-refractivity contribution is 7.20. The van der Waals surface area contributed by atoms with Crippen molar-refractivity contribution in [3.8, 4) is 10.9 Å². The maximum absolute atomic E-state index is 5.99. The van der Waals surface area contributed by atoms with Crippen LogP contribution in [0, 0.1) is 0 Å². The fraction of sp³-hybridized carbons (Fsp3) is 0.263. The van der Waals surface area contributed by atoms with Gasteiger partial charge in [0.25, 0.3) is 5.19 Å². The molecular formula is C19H17ClN4O2S. The van der Waals surface area contributed by atoms with Crippen molar-refractivity contribution in [3.63, 3.8) is 0 Å². The maximum atomic E-state index is 5.99. The van der Waals surface area contributed by atoms with E-state index in [1.54, 1.807) is 6.20 Å². The lowest BCUT2D eigenvalue weighted by atomic mass is 10.1. The van der Waals surface area contributed by atoms with Crippen LogP contribution in [0.15, 0.2) is 36.7 Å². The standard InChI is InChI=1S/C19H17ClN4O2S/c20-13-7-17-18(22-10-13)23-19(27-17)26-14-1-2-15-12(9-21-16(15)8-14)11-24-3-5-25-6-4-24/h1-2,7-10,21H,3-6,11H2. The number of nitrogens with zero attached hydrogens (tertiary/aromatic N) is 3. The zero-order chi connectivity index (χ0) is 18.2. The van der Waals surface area contributed by atoms with E-state index in [1.807, 2.05) is 18.2 Å². The first kappa shape index (κ1) is 16.9. The average molecular weight is 401 g/mol. The molecule has 1 saturated heterocycles. The molecule has 1 N–H and O–H groups in total. The highest BCUT2D eigenvalue weighted by Crippen LogP contribution is 2.33. The zero-order valence-corrected chi connectivity index (χ0v) is 16.0. The van der Waals surface area contributed by atoms with E-state index in [0.29, 0.717) is 15.9 Å². The van der Waals surface area contributed by atoms with Gasteiger partial charge in [0.1, 0.15) is 5.75 Å². The van der Waals surface area contributed by atoms with Gasteiger partial charge in [-0.25, -0.2) is 4.98 Å². The highest BCUT2D eigenvalue weighted by atomic mass is 35.5. The number of halogens is 1. The Morgan fingerprint density at radius 3 is 3.04 bits per heavy atom. The molecule has 0 aliphatic carbocycles. The van der Waals surface area contributed by atoms with Crippen LogP contribution in [0.5, 0.6) is 10.9 Å². The third-order valence-electron chi connectivity index (χ3n) is 4.64. The number of aromatic amines is 1. The summed E-state index contributed by atoms with van der Waals surface area (Å²) in [7, 11) is 0. The Kier molecular flexibility index (Phi) is 4.45. The van der Waals surface area contributed by atoms with E-state index in [-0.39, 0.29) is 0 Å². The topological polar surface area (TPSA) is 63.3 Å². The summed E-state index contributed by atoms with van der Waals surface area (Å²) in [4.78, 5) is 14.4. The first-order chi connectivity index (χ1) is 13.2. The van der Waals surface area contributed by atoms with E-state index in [1.165, 1.54) is 22.3 Å². The number of hydrogen-bond donors (Lipinski definition) is 1. The van der Waals surface area contributed by atoms with Gasteiger partial charge in [-0.15, -0.1) is 0 Å². The quantitative estimate of drug-likeness (QED) is 0.548. The molecule has 4 heterocycles. The van der Waals surface area contributed by atoms with Gasteiger partial charge < -0.3 is 14.5 Å². The van der Waals surface area contributed by atoms with Crippen LogP contribution in [-0.4, -0.2) is 46.2 Å².